The number of hydrazine groups is 1. The molecule has 0 spiro atoms. The van der Waals surface area contributed by atoms with Crippen molar-refractivity contribution in [2.75, 3.05) is 5.43 Å². The van der Waals surface area contributed by atoms with Gasteiger partial charge >= 0.3 is 6.03 Å². The molecule has 2 N–H and O–H groups in total. The fourth-order valence-electron chi connectivity index (χ4n) is 2.26. The van der Waals surface area contributed by atoms with Crippen molar-refractivity contribution in [3.63, 3.8) is 0 Å². The van der Waals surface area contributed by atoms with E-state index in [0.717, 1.165) is 27.0 Å². The van der Waals surface area contributed by atoms with E-state index in [1.54, 1.807) is 10.9 Å². The molecular weight excluding hydrogens is 382 g/mol. The molecule has 2 aromatic carbocycles. The van der Waals surface area contributed by atoms with Gasteiger partial charge in [-0.15, -0.1) is 10.3 Å². The van der Waals surface area contributed by atoms with Crippen molar-refractivity contribution in [2.24, 2.45) is 7.05 Å². The fourth-order valence-corrected chi connectivity index (χ4v) is 2.84. The zero-order valence-electron chi connectivity index (χ0n) is 13.4. The Morgan fingerprint density at radius 1 is 1.20 bits per heavy atom. The number of hydrogen-bond donors (Lipinski definition) is 2. The minimum absolute atomic E-state index is 0.532. The van der Waals surface area contributed by atoms with Gasteiger partial charge in [-0.1, -0.05) is 30.3 Å². The first-order valence-corrected chi connectivity index (χ1v) is 8.28. The highest BCUT2D eigenvalue weighted by atomic mass is 79.9. The zero-order valence-corrected chi connectivity index (χ0v) is 15.0. The summed E-state index contributed by atoms with van der Waals surface area (Å²) in [5.41, 5.74) is 8.74. The van der Waals surface area contributed by atoms with Gasteiger partial charge in [0.1, 0.15) is 0 Å². The van der Waals surface area contributed by atoms with Crippen molar-refractivity contribution in [1.29, 1.82) is 0 Å². The minimum Gasteiger partial charge on any atom is -0.267 e. The van der Waals surface area contributed by atoms with Gasteiger partial charge in [0.2, 0.25) is 0 Å². The van der Waals surface area contributed by atoms with Gasteiger partial charge < -0.3 is 0 Å². The Bertz CT molecular complexity index is 937. The van der Waals surface area contributed by atoms with Crippen LogP contribution in [-0.4, -0.2) is 15.8 Å². The second kappa shape index (κ2) is 7.64. The Balaban J connectivity index is 1.67. The number of carbonyl (C=O) groups excluding carboxylic acids is 1. The van der Waals surface area contributed by atoms with Crippen molar-refractivity contribution in [3.05, 3.63) is 75.7 Å². The van der Waals surface area contributed by atoms with E-state index < -0.39 is 6.03 Å². The molecule has 0 unspecified atom stereocenters. The number of carbonyl (C=O) groups is 1. The maximum Gasteiger partial charge on any atom is 0.622 e. The van der Waals surface area contributed by atoms with Gasteiger partial charge in [-0.25, -0.2) is 5.43 Å². The topological polar surface area (TPSA) is 63.3 Å². The lowest BCUT2D eigenvalue weighted by Gasteiger charge is -2.06. The molecule has 6 nitrogen and oxygen atoms in total. The Kier molecular flexibility index (Phi) is 5.11. The van der Waals surface area contributed by atoms with E-state index >= 15 is 0 Å². The lowest BCUT2D eigenvalue weighted by atomic mass is 10.1. The molecule has 0 aliphatic rings. The summed E-state index contributed by atoms with van der Waals surface area (Å²) in [5.74, 6) is 0. The van der Waals surface area contributed by atoms with Gasteiger partial charge in [0.15, 0.2) is 6.07 Å². The molecule has 0 fully saturated rings. The van der Waals surface area contributed by atoms with E-state index in [9.17, 15) is 4.79 Å². The number of benzene rings is 2. The normalized spacial score (nSPS) is 9.84. The summed E-state index contributed by atoms with van der Waals surface area (Å²) in [6.45, 7) is 0. The maximum absolute atomic E-state index is 11.8. The summed E-state index contributed by atoms with van der Waals surface area (Å²) < 4.78 is 2.68. The molecule has 0 aliphatic heterocycles. The van der Waals surface area contributed by atoms with E-state index in [4.69, 9.17) is 0 Å². The lowest BCUT2D eigenvalue weighted by Crippen LogP contribution is -2.25. The second-order valence-corrected chi connectivity index (χ2v) is 6.04. The van der Waals surface area contributed by atoms with Crippen LogP contribution in [0.15, 0.2) is 65.3 Å². The number of amides is 2. The largest absolute Gasteiger partial charge is 0.622 e. The van der Waals surface area contributed by atoms with E-state index in [1.807, 2.05) is 61.6 Å². The Hall–Kier alpha value is -3.11. The van der Waals surface area contributed by atoms with Crippen LogP contribution in [0.4, 0.5) is 10.5 Å². The summed E-state index contributed by atoms with van der Waals surface area (Å²) in [4.78, 5) is 15.5. The molecular formula is C18H15BrN5O+. The number of halogens is 1. The maximum atomic E-state index is 11.8. The first-order valence-electron chi connectivity index (χ1n) is 7.49. The SMILES string of the molecule is Cn1ncc(Br)c1-c1cccc(NNC(=O)[N+]#Cc2ccccc2)c1. The predicted molar refractivity (Wildman–Crippen MR) is 101 cm³/mol. The highest BCUT2D eigenvalue weighted by Gasteiger charge is 2.11. The average molecular weight is 397 g/mol. The quantitative estimate of drug-likeness (QED) is 0.649. The summed E-state index contributed by atoms with van der Waals surface area (Å²) in [5, 5.41) is 4.21. The molecule has 0 saturated carbocycles. The third kappa shape index (κ3) is 4.25. The number of nitrogens with one attached hydrogen (secondary N) is 2. The summed E-state index contributed by atoms with van der Waals surface area (Å²) in [6.07, 6.45) is 1.74. The zero-order chi connectivity index (χ0) is 17.6. The van der Waals surface area contributed by atoms with Crippen LogP contribution in [0.5, 0.6) is 0 Å². The first kappa shape index (κ1) is 16.7. The van der Waals surface area contributed by atoms with Gasteiger partial charge in [-0.05, 0) is 40.2 Å². The summed E-state index contributed by atoms with van der Waals surface area (Å²) in [6, 6.07) is 19.0. The Labute approximate surface area is 153 Å². The number of nitrogens with zero attached hydrogens (tertiary/aromatic N) is 3. The van der Waals surface area contributed by atoms with Crippen molar-refractivity contribution in [3.8, 4) is 17.3 Å². The highest BCUT2D eigenvalue weighted by molar-refractivity contribution is 9.10. The summed E-state index contributed by atoms with van der Waals surface area (Å²) >= 11 is 3.49. The molecule has 1 heterocycles. The van der Waals surface area contributed by atoms with Crippen molar-refractivity contribution < 1.29 is 4.79 Å². The molecule has 0 bridgehead atoms. The molecule has 0 aliphatic carbocycles. The van der Waals surface area contributed by atoms with Crippen molar-refractivity contribution in [1.82, 2.24) is 15.2 Å². The third-order valence-electron chi connectivity index (χ3n) is 3.40. The van der Waals surface area contributed by atoms with E-state index in [0.29, 0.717) is 0 Å². The number of rotatable bonds is 3. The smallest absolute Gasteiger partial charge is 0.267 e. The molecule has 1 aromatic heterocycles. The summed E-state index contributed by atoms with van der Waals surface area (Å²) in [7, 11) is 1.87. The molecule has 0 atom stereocenters. The number of aryl methyl sites for hydroxylation is 1. The minimum atomic E-state index is -0.532. The van der Waals surface area contributed by atoms with Crippen LogP contribution < -0.4 is 10.9 Å². The van der Waals surface area contributed by atoms with Gasteiger partial charge in [-0.3, -0.25) is 4.68 Å². The number of aromatic nitrogens is 2. The monoisotopic (exact) mass is 396 g/mol. The van der Waals surface area contributed by atoms with Crippen LogP contribution in [0.2, 0.25) is 0 Å². The standard InChI is InChI=1S/C18H14BrN5O/c1-24-17(16(19)12-21-24)14-8-5-9-15(10-14)22-23-18(25)20-11-13-6-3-2-4-7-13/h2-10,12,22H,1H3/p+1. The second-order valence-electron chi connectivity index (χ2n) is 5.19. The van der Waals surface area contributed by atoms with Gasteiger partial charge in [-0.2, -0.15) is 9.89 Å². The highest BCUT2D eigenvalue weighted by Crippen LogP contribution is 2.28. The molecule has 3 aromatic rings. The van der Waals surface area contributed by atoms with Crippen LogP contribution in [0.3, 0.4) is 0 Å². The van der Waals surface area contributed by atoms with Gasteiger partial charge in [0.25, 0.3) is 0 Å². The number of urea groups is 1. The molecule has 2 amide bonds. The van der Waals surface area contributed by atoms with Crippen LogP contribution >= 0.6 is 15.9 Å². The van der Waals surface area contributed by atoms with Gasteiger partial charge in [0.05, 0.1) is 27.6 Å². The van der Waals surface area contributed by atoms with E-state index in [1.165, 1.54) is 0 Å². The number of anilines is 1. The van der Waals surface area contributed by atoms with Crippen molar-refractivity contribution in [2.45, 2.75) is 0 Å². The molecule has 0 saturated heterocycles. The molecule has 0 radical (unpaired) electrons. The fraction of sp³-hybridized carbons (Fsp3) is 0.0556. The van der Waals surface area contributed by atoms with Crippen LogP contribution in [0, 0.1) is 6.07 Å². The molecule has 7 heteroatoms. The van der Waals surface area contributed by atoms with Crippen LogP contribution in [0.1, 0.15) is 5.56 Å². The molecule has 25 heavy (non-hydrogen) atoms. The molecule has 3 rings (SSSR count). The van der Waals surface area contributed by atoms with E-state index in [2.05, 4.69) is 42.8 Å². The van der Waals surface area contributed by atoms with E-state index in [-0.39, 0.29) is 0 Å². The average Bonchev–Trinajstić information content (AvgIpc) is 2.98. The predicted octanol–water partition coefficient (Wildman–Crippen LogP) is 4.27. The number of hydrogen-bond acceptors (Lipinski definition) is 3. The first-order chi connectivity index (χ1) is 12.1. The van der Waals surface area contributed by atoms with Crippen LogP contribution in [-0.2, 0) is 7.05 Å². The lowest BCUT2D eigenvalue weighted by molar-refractivity contribution is 0.256. The van der Waals surface area contributed by atoms with Gasteiger partial charge in [0, 0.05) is 12.6 Å². The van der Waals surface area contributed by atoms with Crippen molar-refractivity contribution >= 4 is 27.6 Å². The van der Waals surface area contributed by atoms with Crippen LogP contribution in [0.25, 0.3) is 16.1 Å². The molecule has 124 valence electrons. The third-order valence-corrected chi connectivity index (χ3v) is 3.98. The Morgan fingerprint density at radius 2 is 2.00 bits per heavy atom. The Morgan fingerprint density at radius 3 is 2.72 bits per heavy atom.